The lowest BCUT2D eigenvalue weighted by Crippen LogP contribution is -2.10. The standard InChI is InChI=1S/C11H23N3O.CH4/c1-3-5-7-11(4-2)10-15-9-6-8-13-14-12;/h11H,3-10H2,1-2H3;1H4. The summed E-state index contributed by atoms with van der Waals surface area (Å²) >= 11 is 0. The molecule has 0 bridgehead atoms. The normalized spacial score (nSPS) is 11.4. The smallest absolute Gasteiger partial charge is 0.0494 e. The third-order valence-corrected chi connectivity index (χ3v) is 2.51. The molecular formula is C12H27N3O. The maximum absolute atomic E-state index is 8.06. The van der Waals surface area contributed by atoms with E-state index < -0.39 is 0 Å². The molecule has 0 rings (SSSR count). The molecule has 0 N–H and O–H groups in total. The molecule has 0 spiro atoms. The van der Waals surface area contributed by atoms with Crippen molar-refractivity contribution in [3.05, 3.63) is 10.4 Å². The van der Waals surface area contributed by atoms with E-state index in [9.17, 15) is 0 Å². The second-order valence-electron chi connectivity index (χ2n) is 3.80. The van der Waals surface area contributed by atoms with Gasteiger partial charge < -0.3 is 4.74 Å². The maximum atomic E-state index is 8.06. The van der Waals surface area contributed by atoms with Crippen molar-refractivity contribution >= 4 is 0 Å². The highest BCUT2D eigenvalue weighted by atomic mass is 16.5. The SMILES string of the molecule is C.CCCCC(CC)COCCCN=[N+]=[N-]. The van der Waals surface area contributed by atoms with Crippen molar-refractivity contribution < 1.29 is 4.74 Å². The highest BCUT2D eigenvalue weighted by molar-refractivity contribution is 4.56. The first-order valence-electron chi connectivity index (χ1n) is 5.93. The van der Waals surface area contributed by atoms with E-state index in [2.05, 4.69) is 23.9 Å². The Kier molecular flexibility index (Phi) is 15.7. The van der Waals surface area contributed by atoms with Gasteiger partial charge in [0.25, 0.3) is 0 Å². The Morgan fingerprint density at radius 2 is 2.06 bits per heavy atom. The summed E-state index contributed by atoms with van der Waals surface area (Å²) in [5, 5.41) is 3.46. The van der Waals surface area contributed by atoms with Gasteiger partial charge in [0.2, 0.25) is 0 Å². The topological polar surface area (TPSA) is 58.0 Å². The summed E-state index contributed by atoms with van der Waals surface area (Å²) in [5.74, 6) is 0.699. The molecule has 0 aromatic rings. The molecule has 0 aromatic heterocycles. The lowest BCUT2D eigenvalue weighted by atomic mass is 10.0. The van der Waals surface area contributed by atoms with Crippen molar-refractivity contribution in [2.45, 2.75) is 53.4 Å². The fourth-order valence-corrected chi connectivity index (χ4v) is 1.43. The van der Waals surface area contributed by atoms with Crippen molar-refractivity contribution in [1.29, 1.82) is 0 Å². The van der Waals surface area contributed by atoms with Crippen LogP contribution in [0.3, 0.4) is 0 Å². The Hall–Kier alpha value is -0.730. The van der Waals surface area contributed by atoms with E-state index in [-0.39, 0.29) is 7.43 Å². The van der Waals surface area contributed by atoms with Gasteiger partial charge >= 0.3 is 0 Å². The van der Waals surface area contributed by atoms with Crippen LogP contribution in [0.2, 0.25) is 0 Å². The minimum absolute atomic E-state index is 0. The first-order chi connectivity index (χ1) is 7.35. The van der Waals surface area contributed by atoms with Crippen molar-refractivity contribution in [3.8, 4) is 0 Å². The van der Waals surface area contributed by atoms with Gasteiger partial charge in [-0.05, 0) is 24.3 Å². The third kappa shape index (κ3) is 11.3. The van der Waals surface area contributed by atoms with Crippen molar-refractivity contribution in [3.63, 3.8) is 0 Å². The summed E-state index contributed by atoms with van der Waals surface area (Å²) in [7, 11) is 0. The summed E-state index contributed by atoms with van der Waals surface area (Å²) in [6, 6.07) is 0. The number of hydrogen-bond acceptors (Lipinski definition) is 2. The predicted octanol–water partition coefficient (Wildman–Crippen LogP) is 4.56. The van der Waals surface area contributed by atoms with Crippen LogP contribution >= 0.6 is 0 Å². The molecule has 4 nitrogen and oxygen atoms in total. The number of rotatable bonds is 10. The van der Waals surface area contributed by atoms with Crippen LogP contribution in [0.25, 0.3) is 10.4 Å². The van der Waals surface area contributed by atoms with Gasteiger partial charge in [-0.25, -0.2) is 0 Å². The molecule has 0 aliphatic heterocycles. The van der Waals surface area contributed by atoms with E-state index in [1.807, 2.05) is 0 Å². The van der Waals surface area contributed by atoms with Crippen LogP contribution in [0.4, 0.5) is 0 Å². The van der Waals surface area contributed by atoms with Crippen molar-refractivity contribution in [2.75, 3.05) is 19.8 Å². The van der Waals surface area contributed by atoms with Gasteiger partial charge in [-0.3, -0.25) is 0 Å². The predicted molar refractivity (Wildman–Crippen MR) is 69.5 cm³/mol. The van der Waals surface area contributed by atoms with Gasteiger partial charge in [-0.15, -0.1) is 0 Å². The molecule has 0 radical (unpaired) electrons. The average Bonchev–Trinajstić information content (AvgIpc) is 2.27. The zero-order chi connectivity index (χ0) is 11.4. The van der Waals surface area contributed by atoms with Gasteiger partial charge in [0.1, 0.15) is 0 Å². The minimum atomic E-state index is 0. The zero-order valence-corrected chi connectivity index (χ0v) is 9.98. The molecule has 16 heavy (non-hydrogen) atoms. The van der Waals surface area contributed by atoms with Crippen LogP contribution < -0.4 is 0 Å². The first kappa shape index (κ1) is 17.7. The number of hydrogen-bond donors (Lipinski definition) is 0. The highest BCUT2D eigenvalue weighted by Crippen LogP contribution is 2.12. The van der Waals surface area contributed by atoms with Gasteiger partial charge in [0, 0.05) is 24.7 Å². The first-order valence-corrected chi connectivity index (χ1v) is 5.93. The van der Waals surface area contributed by atoms with E-state index >= 15 is 0 Å². The molecule has 0 aliphatic carbocycles. The van der Waals surface area contributed by atoms with Gasteiger partial charge in [-0.1, -0.05) is 45.7 Å². The molecule has 1 atom stereocenters. The number of unbranched alkanes of at least 4 members (excludes halogenated alkanes) is 1. The molecule has 96 valence electrons. The Morgan fingerprint density at radius 3 is 2.62 bits per heavy atom. The summed E-state index contributed by atoms with van der Waals surface area (Å²) in [6.07, 6.45) is 5.84. The largest absolute Gasteiger partial charge is 0.381 e. The summed E-state index contributed by atoms with van der Waals surface area (Å²) in [6.45, 7) is 6.54. The van der Waals surface area contributed by atoms with Crippen molar-refractivity contribution in [1.82, 2.24) is 0 Å². The molecule has 0 amide bonds. The zero-order valence-electron chi connectivity index (χ0n) is 9.98. The van der Waals surface area contributed by atoms with Crippen LogP contribution in [-0.4, -0.2) is 19.8 Å². The molecule has 0 heterocycles. The molecular weight excluding hydrogens is 202 g/mol. The molecule has 4 heteroatoms. The second-order valence-corrected chi connectivity index (χ2v) is 3.80. The average molecular weight is 229 g/mol. The third-order valence-electron chi connectivity index (χ3n) is 2.51. The molecule has 0 aliphatic rings. The highest BCUT2D eigenvalue weighted by Gasteiger charge is 2.05. The van der Waals surface area contributed by atoms with Crippen molar-refractivity contribution in [2.24, 2.45) is 11.0 Å². The quantitative estimate of drug-likeness (QED) is 0.234. The number of azide groups is 1. The lowest BCUT2D eigenvalue weighted by molar-refractivity contribution is 0.0933. The Morgan fingerprint density at radius 1 is 1.31 bits per heavy atom. The summed E-state index contributed by atoms with van der Waals surface area (Å²) in [5.41, 5.74) is 8.06. The number of ether oxygens (including phenoxy) is 1. The Bertz CT molecular complexity index is 179. The van der Waals surface area contributed by atoms with E-state index in [1.165, 1.54) is 25.7 Å². The van der Waals surface area contributed by atoms with Crippen LogP contribution in [0.15, 0.2) is 5.11 Å². The van der Waals surface area contributed by atoms with E-state index in [4.69, 9.17) is 10.3 Å². The molecule has 1 unspecified atom stereocenters. The maximum Gasteiger partial charge on any atom is 0.0494 e. The lowest BCUT2D eigenvalue weighted by Gasteiger charge is -2.14. The molecule has 0 saturated heterocycles. The Balaban J connectivity index is 0. The van der Waals surface area contributed by atoms with E-state index in [1.54, 1.807) is 0 Å². The monoisotopic (exact) mass is 229 g/mol. The fourth-order valence-electron chi connectivity index (χ4n) is 1.43. The van der Waals surface area contributed by atoms with Crippen LogP contribution in [0, 0.1) is 5.92 Å². The van der Waals surface area contributed by atoms with Crippen LogP contribution in [0.5, 0.6) is 0 Å². The molecule has 0 fully saturated rings. The second kappa shape index (κ2) is 14.3. The van der Waals surface area contributed by atoms with Gasteiger partial charge in [0.15, 0.2) is 0 Å². The number of nitrogens with zero attached hydrogens (tertiary/aromatic N) is 3. The minimum Gasteiger partial charge on any atom is -0.381 e. The van der Waals surface area contributed by atoms with Gasteiger partial charge in [0.05, 0.1) is 0 Å². The van der Waals surface area contributed by atoms with Crippen LogP contribution in [-0.2, 0) is 4.74 Å². The Labute approximate surface area is 100 Å². The van der Waals surface area contributed by atoms with Crippen LogP contribution in [0.1, 0.15) is 53.4 Å². The van der Waals surface area contributed by atoms with Gasteiger partial charge in [-0.2, -0.15) is 0 Å². The van der Waals surface area contributed by atoms with E-state index in [0.29, 0.717) is 19.1 Å². The summed E-state index contributed by atoms with van der Waals surface area (Å²) < 4.78 is 5.55. The summed E-state index contributed by atoms with van der Waals surface area (Å²) in [4.78, 5) is 2.69. The molecule has 0 aromatic carbocycles. The van der Waals surface area contributed by atoms with E-state index in [0.717, 1.165) is 13.0 Å². The molecule has 0 saturated carbocycles. The fraction of sp³-hybridized carbons (Fsp3) is 1.00.